The molecule has 0 aliphatic heterocycles. The molecule has 0 aliphatic rings. The van der Waals surface area contributed by atoms with Gasteiger partial charge in [-0.3, -0.25) is 0 Å². The molecule has 1 aromatic rings. The number of aromatic nitrogens is 3. The van der Waals surface area contributed by atoms with Crippen molar-refractivity contribution in [2.45, 2.75) is 47.0 Å². The number of aromatic amines is 1. The second-order valence-corrected chi connectivity index (χ2v) is 3.40. The first-order chi connectivity index (χ1) is 5.13. The number of hydrogen-bond acceptors (Lipinski definition) is 2. The molecule has 0 fully saturated rings. The highest BCUT2D eigenvalue weighted by atomic mass is 15.3. The second kappa shape index (κ2) is 4.24. The van der Waals surface area contributed by atoms with Gasteiger partial charge in [-0.1, -0.05) is 35.1 Å². The molecular formula is C9H19N3. The number of hydrogen-bond donors (Lipinski definition) is 1. The lowest BCUT2D eigenvalue weighted by Crippen LogP contribution is -1.96. The van der Waals surface area contributed by atoms with Crippen molar-refractivity contribution in [3.63, 3.8) is 0 Å². The first-order valence-electron chi connectivity index (χ1n) is 4.03. The maximum atomic E-state index is 4.10. The van der Waals surface area contributed by atoms with E-state index in [0.29, 0.717) is 11.8 Å². The Bertz CT molecular complexity index is 203. The van der Waals surface area contributed by atoms with Gasteiger partial charge in [0.2, 0.25) is 0 Å². The Morgan fingerprint density at radius 3 is 1.50 bits per heavy atom. The van der Waals surface area contributed by atoms with E-state index in [-0.39, 0.29) is 7.43 Å². The molecule has 0 bridgehead atoms. The summed E-state index contributed by atoms with van der Waals surface area (Å²) >= 11 is 0. The van der Waals surface area contributed by atoms with E-state index in [1.54, 1.807) is 0 Å². The molecule has 70 valence electrons. The van der Waals surface area contributed by atoms with Crippen LogP contribution in [-0.2, 0) is 0 Å². The number of rotatable bonds is 2. The van der Waals surface area contributed by atoms with Crippen molar-refractivity contribution in [1.29, 1.82) is 0 Å². The van der Waals surface area contributed by atoms with Gasteiger partial charge in [-0.15, -0.1) is 0 Å². The van der Waals surface area contributed by atoms with Crippen molar-refractivity contribution >= 4 is 0 Å². The summed E-state index contributed by atoms with van der Waals surface area (Å²) in [6.07, 6.45) is 0. The van der Waals surface area contributed by atoms with Gasteiger partial charge in [-0.05, 0) is 11.8 Å². The van der Waals surface area contributed by atoms with Crippen LogP contribution in [0.5, 0.6) is 0 Å². The molecule has 0 aliphatic carbocycles. The van der Waals surface area contributed by atoms with E-state index in [1.165, 1.54) is 0 Å². The summed E-state index contributed by atoms with van der Waals surface area (Å²) in [5.74, 6) is 0.928. The zero-order chi connectivity index (χ0) is 8.43. The third-order valence-electron chi connectivity index (χ3n) is 1.70. The predicted molar refractivity (Wildman–Crippen MR) is 51.3 cm³/mol. The average Bonchev–Trinajstić information content (AvgIpc) is 2.32. The van der Waals surface area contributed by atoms with Crippen molar-refractivity contribution in [3.8, 4) is 0 Å². The van der Waals surface area contributed by atoms with Crippen molar-refractivity contribution in [2.24, 2.45) is 0 Å². The molecule has 0 saturated carbocycles. The van der Waals surface area contributed by atoms with Gasteiger partial charge in [0, 0.05) is 0 Å². The summed E-state index contributed by atoms with van der Waals surface area (Å²) in [4.78, 5) is 0. The monoisotopic (exact) mass is 169 g/mol. The fourth-order valence-electron chi connectivity index (χ4n) is 1.10. The molecule has 0 unspecified atom stereocenters. The highest BCUT2D eigenvalue weighted by molar-refractivity contribution is 5.15. The Kier molecular flexibility index (Phi) is 3.93. The molecule has 1 rings (SSSR count). The van der Waals surface area contributed by atoms with Crippen LogP contribution in [0, 0.1) is 0 Å². The van der Waals surface area contributed by atoms with Crippen LogP contribution in [0.15, 0.2) is 0 Å². The molecule has 0 radical (unpaired) electrons. The fraction of sp³-hybridized carbons (Fsp3) is 0.778. The lowest BCUT2D eigenvalue weighted by molar-refractivity contribution is 0.759. The maximum absolute atomic E-state index is 4.10. The van der Waals surface area contributed by atoms with E-state index < -0.39 is 0 Å². The van der Waals surface area contributed by atoms with Crippen LogP contribution in [0.1, 0.15) is 58.3 Å². The summed E-state index contributed by atoms with van der Waals surface area (Å²) in [5, 5.41) is 10.9. The largest absolute Gasteiger partial charge is 0.197 e. The standard InChI is InChI=1S/C8H15N3.CH4/c1-5(2)7-8(6(3)4)10-11-9-7;/h5-6H,1-4H3,(H,9,10,11);1H4. The number of nitrogens with one attached hydrogen (secondary N) is 1. The molecule has 0 aromatic carbocycles. The smallest absolute Gasteiger partial charge is 0.0884 e. The Hall–Kier alpha value is -0.860. The molecule has 1 heterocycles. The zero-order valence-corrected chi connectivity index (χ0v) is 7.55. The Morgan fingerprint density at radius 2 is 1.25 bits per heavy atom. The minimum atomic E-state index is 0. The van der Waals surface area contributed by atoms with Gasteiger partial charge in [0.15, 0.2) is 0 Å². The van der Waals surface area contributed by atoms with E-state index in [9.17, 15) is 0 Å². The van der Waals surface area contributed by atoms with Crippen molar-refractivity contribution < 1.29 is 0 Å². The topological polar surface area (TPSA) is 41.6 Å². The van der Waals surface area contributed by atoms with Crippen LogP contribution >= 0.6 is 0 Å². The second-order valence-electron chi connectivity index (χ2n) is 3.40. The van der Waals surface area contributed by atoms with Crippen molar-refractivity contribution in [1.82, 2.24) is 15.4 Å². The van der Waals surface area contributed by atoms with E-state index in [1.807, 2.05) is 0 Å². The van der Waals surface area contributed by atoms with Gasteiger partial charge in [0.1, 0.15) is 0 Å². The lowest BCUT2D eigenvalue weighted by atomic mass is 10.0. The molecule has 3 nitrogen and oxygen atoms in total. The number of nitrogens with zero attached hydrogens (tertiary/aromatic N) is 2. The van der Waals surface area contributed by atoms with E-state index in [2.05, 4.69) is 43.1 Å². The van der Waals surface area contributed by atoms with Crippen LogP contribution in [-0.4, -0.2) is 15.4 Å². The highest BCUT2D eigenvalue weighted by Crippen LogP contribution is 2.20. The highest BCUT2D eigenvalue weighted by Gasteiger charge is 2.13. The first-order valence-corrected chi connectivity index (χ1v) is 4.03. The average molecular weight is 169 g/mol. The van der Waals surface area contributed by atoms with E-state index in [4.69, 9.17) is 0 Å². The molecular weight excluding hydrogens is 150 g/mol. The third kappa shape index (κ3) is 2.06. The van der Waals surface area contributed by atoms with Crippen LogP contribution in [0.2, 0.25) is 0 Å². The molecule has 1 N–H and O–H groups in total. The van der Waals surface area contributed by atoms with Crippen molar-refractivity contribution in [3.05, 3.63) is 11.4 Å². The SMILES string of the molecule is C.CC(C)c1n[nH]nc1C(C)C. The minimum absolute atomic E-state index is 0. The van der Waals surface area contributed by atoms with Gasteiger partial charge >= 0.3 is 0 Å². The molecule has 0 spiro atoms. The quantitative estimate of drug-likeness (QED) is 0.739. The number of H-pyrrole nitrogens is 1. The van der Waals surface area contributed by atoms with Crippen molar-refractivity contribution in [2.75, 3.05) is 0 Å². The van der Waals surface area contributed by atoms with E-state index in [0.717, 1.165) is 11.4 Å². The molecule has 0 saturated heterocycles. The van der Waals surface area contributed by atoms with Crippen LogP contribution in [0.25, 0.3) is 0 Å². The predicted octanol–water partition coefficient (Wildman–Crippen LogP) is 2.69. The van der Waals surface area contributed by atoms with Gasteiger partial charge in [-0.2, -0.15) is 15.4 Å². The van der Waals surface area contributed by atoms with Crippen LogP contribution in [0.4, 0.5) is 0 Å². The molecule has 3 heteroatoms. The molecule has 0 amide bonds. The summed E-state index contributed by atoms with van der Waals surface area (Å²) < 4.78 is 0. The zero-order valence-electron chi connectivity index (χ0n) is 7.55. The van der Waals surface area contributed by atoms with Crippen LogP contribution < -0.4 is 0 Å². The fourth-order valence-corrected chi connectivity index (χ4v) is 1.10. The summed E-state index contributed by atoms with van der Waals surface area (Å²) in [6.45, 7) is 8.51. The Labute approximate surface area is 74.6 Å². The van der Waals surface area contributed by atoms with Gasteiger partial charge < -0.3 is 0 Å². The third-order valence-corrected chi connectivity index (χ3v) is 1.70. The van der Waals surface area contributed by atoms with Gasteiger partial charge in [0.25, 0.3) is 0 Å². The lowest BCUT2D eigenvalue weighted by Gasteiger charge is -2.04. The minimum Gasteiger partial charge on any atom is -0.197 e. The normalized spacial score (nSPS) is 10.5. The molecule has 1 aromatic heterocycles. The summed E-state index contributed by atoms with van der Waals surface area (Å²) in [7, 11) is 0. The summed E-state index contributed by atoms with van der Waals surface area (Å²) in [5.41, 5.74) is 2.19. The van der Waals surface area contributed by atoms with Crippen LogP contribution in [0.3, 0.4) is 0 Å². The molecule has 0 atom stereocenters. The Balaban J connectivity index is 0.00000121. The van der Waals surface area contributed by atoms with Gasteiger partial charge in [0.05, 0.1) is 11.4 Å². The first kappa shape index (κ1) is 11.1. The van der Waals surface area contributed by atoms with E-state index >= 15 is 0 Å². The van der Waals surface area contributed by atoms with Gasteiger partial charge in [-0.25, -0.2) is 0 Å². The maximum Gasteiger partial charge on any atom is 0.0884 e. The molecule has 12 heavy (non-hydrogen) atoms. The summed E-state index contributed by atoms with van der Waals surface area (Å²) in [6, 6.07) is 0. The Morgan fingerprint density at radius 1 is 0.917 bits per heavy atom.